The molecule has 2 aliphatic rings. The van der Waals surface area contributed by atoms with Crippen LogP contribution < -0.4 is 5.32 Å². The van der Waals surface area contributed by atoms with Crippen LogP contribution in [0.2, 0.25) is 0 Å². The number of hydrogen-bond acceptors (Lipinski definition) is 4. The molecule has 1 aliphatic heterocycles. The molecule has 1 aromatic heterocycles. The Morgan fingerprint density at radius 2 is 2.00 bits per heavy atom. The summed E-state index contributed by atoms with van der Waals surface area (Å²) in [6.07, 6.45) is 4.04. The van der Waals surface area contributed by atoms with E-state index in [1.165, 1.54) is 4.88 Å². The average Bonchev–Trinajstić information content (AvgIpc) is 3.25. The zero-order valence-electron chi connectivity index (χ0n) is 15.1. The zero-order valence-corrected chi connectivity index (χ0v) is 18.3. The van der Waals surface area contributed by atoms with Gasteiger partial charge in [0.15, 0.2) is 5.96 Å². The molecule has 0 aromatic carbocycles. The first-order chi connectivity index (χ1) is 11.7. The first-order valence-corrected chi connectivity index (χ1v) is 10.1. The van der Waals surface area contributed by atoms with Crippen molar-refractivity contribution in [2.45, 2.75) is 44.8 Å². The summed E-state index contributed by atoms with van der Waals surface area (Å²) in [5, 5.41) is 16.1. The van der Waals surface area contributed by atoms with Crippen LogP contribution in [-0.2, 0) is 6.54 Å². The number of halogens is 1. The highest BCUT2D eigenvalue weighted by atomic mass is 127. The van der Waals surface area contributed by atoms with E-state index in [1.807, 2.05) is 11.3 Å². The second-order valence-electron chi connectivity index (χ2n) is 6.94. The minimum atomic E-state index is -0.568. The van der Waals surface area contributed by atoms with Gasteiger partial charge in [0.05, 0.1) is 12.1 Å². The number of aliphatic imine (C=N–C) groups is 1. The van der Waals surface area contributed by atoms with Gasteiger partial charge in [0.1, 0.15) is 0 Å². The van der Waals surface area contributed by atoms with Gasteiger partial charge in [-0.05, 0) is 31.2 Å². The standard InChI is InChI=1S/C18H30N4OS.HI/c1-2-19-17(20-15-18(23)7-3-4-8-18)22-11-9-21(10-12-22)14-16-6-5-13-24-16;/h5-6,13,23H,2-4,7-12,14-15H2,1H3,(H,19,20);1H. The van der Waals surface area contributed by atoms with Crippen molar-refractivity contribution in [1.29, 1.82) is 0 Å². The lowest BCUT2D eigenvalue weighted by atomic mass is 10.0. The minimum Gasteiger partial charge on any atom is -0.388 e. The lowest BCUT2D eigenvalue weighted by molar-refractivity contribution is 0.0569. The molecule has 2 heterocycles. The van der Waals surface area contributed by atoms with Crippen molar-refractivity contribution in [2.75, 3.05) is 39.3 Å². The fourth-order valence-corrected chi connectivity index (χ4v) is 4.33. The van der Waals surface area contributed by atoms with E-state index in [4.69, 9.17) is 4.99 Å². The van der Waals surface area contributed by atoms with Crippen LogP contribution in [0.15, 0.2) is 22.5 Å². The summed E-state index contributed by atoms with van der Waals surface area (Å²) >= 11 is 1.83. The van der Waals surface area contributed by atoms with Gasteiger partial charge in [-0.3, -0.25) is 9.89 Å². The van der Waals surface area contributed by atoms with E-state index in [9.17, 15) is 5.11 Å². The smallest absolute Gasteiger partial charge is 0.194 e. The first kappa shape index (κ1) is 20.9. The van der Waals surface area contributed by atoms with Gasteiger partial charge in [-0.25, -0.2) is 0 Å². The van der Waals surface area contributed by atoms with Gasteiger partial charge in [-0.2, -0.15) is 0 Å². The predicted octanol–water partition coefficient (Wildman–Crippen LogP) is 2.75. The molecule has 0 spiro atoms. The third kappa shape index (κ3) is 6.08. The molecule has 142 valence electrons. The quantitative estimate of drug-likeness (QED) is 0.388. The van der Waals surface area contributed by atoms with Crippen molar-refractivity contribution in [3.63, 3.8) is 0 Å². The second-order valence-corrected chi connectivity index (χ2v) is 7.98. The van der Waals surface area contributed by atoms with Gasteiger partial charge in [0.25, 0.3) is 0 Å². The van der Waals surface area contributed by atoms with Crippen LogP contribution in [0.5, 0.6) is 0 Å². The average molecular weight is 478 g/mol. The van der Waals surface area contributed by atoms with Crippen LogP contribution in [0.4, 0.5) is 0 Å². The molecule has 0 radical (unpaired) electrons. The molecule has 0 bridgehead atoms. The number of guanidine groups is 1. The van der Waals surface area contributed by atoms with Crippen LogP contribution in [0.25, 0.3) is 0 Å². The Morgan fingerprint density at radius 3 is 2.60 bits per heavy atom. The molecule has 0 amide bonds. The minimum absolute atomic E-state index is 0. The summed E-state index contributed by atoms with van der Waals surface area (Å²) < 4.78 is 0. The maximum absolute atomic E-state index is 10.5. The van der Waals surface area contributed by atoms with Crippen LogP contribution in [0.3, 0.4) is 0 Å². The summed E-state index contributed by atoms with van der Waals surface area (Å²) in [5.74, 6) is 0.966. The van der Waals surface area contributed by atoms with E-state index in [1.54, 1.807) is 0 Å². The molecule has 1 saturated carbocycles. The molecule has 2 fully saturated rings. The largest absolute Gasteiger partial charge is 0.388 e. The van der Waals surface area contributed by atoms with Crippen LogP contribution in [0, 0.1) is 0 Å². The highest BCUT2D eigenvalue weighted by Gasteiger charge is 2.31. The number of nitrogens with one attached hydrogen (secondary N) is 1. The van der Waals surface area contributed by atoms with E-state index in [-0.39, 0.29) is 24.0 Å². The summed E-state index contributed by atoms with van der Waals surface area (Å²) in [6.45, 7) is 8.67. The highest BCUT2D eigenvalue weighted by molar-refractivity contribution is 14.0. The number of rotatable bonds is 5. The maximum atomic E-state index is 10.5. The van der Waals surface area contributed by atoms with Crippen molar-refractivity contribution < 1.29 is 5.11 Å². The van der Waals surface area contributed by atoms with Gasteiger partial charge < -0.3 is 15.3 Å². The van der Waals surface area contributed by atoms with E-state index >= 15 is 0 Å². The van der Waals surface area contributed by atoms with Gasteiger partial charge in [0, 0.05) is 44.1 Å². The normalized spacial score (nSPS) is 21.2. The Balaban J connectivity index is 0.00000225. The Hall–Kier alpha value is -0.380. The molecule has 1 aromatic rings. The lowest BCUT2D eigenvalue weighted by Gasteiger charge is -2.36. The van der Waals surface area contributed by atoms with Crippen LogP contribution in [-0.4, -0.2) is 65.7 Å². The molecule has 25 heavy (non-hydrogen) atoms. The summed E-state index contributed by atoms with van der Waals surface area (Å²) in [7, 11) is 0. The molecule has 0 atom stereocenters. The number of nitrogens with zero attached hydrogens (tertiary/aromatic N) is 3. The molecule has 1 saturated heterocycles. The van der Waals surface area contributed by atoms with E-state index in [0.717, 1.165) is 70.9 Å². The van der Waals surface area contributed by atoms with Crippen molar-refractivity contribution in [3.05, 3.63) is 22.4 Å². The van der Waals surface area contributed by atoms with Crippen molar-refractivity contribution in [1.82, 2.24) is 15.1 Å². The molecule has 0 unspecified atom stereocenters. The highest BCUT2D eigenvalue weighted by Crippen LogP contribution is 2.29. The van der Waals surface area contributed by atoms with Gasteiger partial charge in [0.2, 0.25) is 0 Å². The van der Waals surface area contributed by atoms with Gasteiger partial charge >= 0.3 is 0 Å². The SMILES string of the molecule is CCNC(=NCC1(O)CCCC1)N1CCN(Cc2cccs2)CC1.I. The van der Waals surface area contributed by atoms with E-state index in [0.29, 0.717) is 6.54 Å². The fraction of sp³-hybridized carbons (Fsp3) is 0.722. The van der Waals surface area contributed by atoms with Crippen molar-refractivity contribution in [2.24, 2.45) is 4.99 Å². The second kappa shape index (κ2) is 10.1. The first-order valence-electron chi connectivity index (χ1n) is 9.19. The summed E-state index contributed by atoms with van der Waals surface area (Å²) in [5.41, 5.74) is -0.568. The number of thiophene rings is 1. The maximum Gasteiger partial charge on any atom is 0.194 e. The Morgan fingerprint density at radius 1 is 1.28 bits per heavy atom. The Bertz CT molecular complexity index is 523. The van der Waals surface area contributed by atoms with Gasteiger partial charge in [-0.15, -0.1) is 35.3 Å². The van der Waals surface area contributed by atoms with E-state index < -0.39 is 5.60 Å². The predicted molar refractivity (Wildman–Crippen MR) is 116 cm³/mol. The topological polar surface area (TPSA) is 51.1 Å². The van der Waals surface area contributed by atoms with Crippen molar-refractivity contribution >= 4 is 41.3 Å². The number of aliphatic hydroxyl groups is 1. The molecule has 7 heteroatoms. The molecule has 2 N–H and O–H groups in total. The Labute approximate surface area is 172 Å². The number of hydrogen-bond donors (Lipinski definition) is 2. The molecular weight excluding hydrogens is 447 g/mol. The number of piperazine rings is 1. The van der Waals surface area contributed by atoms with Gasteiger partial charge in [-0.1, -0.05) is 18.9 Å². The van der Waals surface area contributed by atoms with Crippen LogP contribution in [0.1, 0.15) is 37.5 Å². The monoisotopic (exact) mass is 478 g/mol. The molecule has 1 aliphatic carbocycles. The molecule has 5 nitrogen and oxygen atoms in total. The molecular formula is C18H31IN4OS. The van der Waals surface area contributed by atoms with Crippen molar-refractivity contribution in [3.8, 4) is 0 Å². The third-order valence-corrected chi connectivity index (χ3v) is 5.88. The summed E-state index contributed by atoms with van der Waals surface area (Å²) in [6, 6.07) is 4.34. The zero-order chi connectivity index (χ0) is 16.8. The summed E-state index contributed by atoms with van der Waals surface area (Å²) in [4.78, 5) is 11.0. The van der Waals surface area contributed by atoms with E-state index in [2.05, 4.69) is 39.6 Å². The van der Waals surface area contributed by atoms with Crippen LogP contribution >= 0.6 is 35.3 Å². The molecule has 3 rings (SSSR count). The Kier molecular flexibility index (Phi) is 8.44. The fourth-order valence-electron chi connectivity index (χ4n) is 3.58. The lowest BCUT2D eigenvalue weighted by Crippen LogP contribution is -2.52. The third-order valence-electron chi connectivity index (χ3n) is 5.02.